The number of aliphatic carboxylic acids is 1. The number of carboxylic acids is 1. The van der Waals surface area contributed by atoms with Crippen molar-refractivity contribution < 1.29 is 18.3 Å². The van der Waals surface area contributed by atoms with Crippen molar-refractivity contribution in [1.82, 2.24) is 9.62 Å². The third kappa shape index (κ3) is 4.04. The average molecular weight is 331 g/mol. The van der Waals surface area contributed by atoms with Crippen LogP contribution in [0.2, 0.25) is 5.02 Å². The molecule has 1 heterocycles. The van der Waals surface area contributed by atoms with Crippen molar-refractivity contribution in [3.8, 4) is 0 Å². The van der Waals surface area contributed by atoms with Gasteiger partial charge in [-0.1, -0.05) is 23.7 Å². The summed E-state index contributed by atoms with van der Waals surface area (Å²) in [6.07, 6.45) is 1.42. The van der Waals surface area contributed by atoms with Crippen molar-refractivity contribution >= 4 is 33.7 Å². The number of sulfonamides is 1. The molecule has 0 spiro atoms. The SMILES string of the molecule is O=C(O)C1CNCCN1S(=O)(=O)C=Cc1ccc(Cl)cc1. The highest BCUT2D eigenvalue weighted by Crippen LogP contribution is 2.15. The summed E-state index contributed by atoms with van der Waals surface area (Å²) in [5.74, 6) is -1.16. The van der Waals surface area contributed by atoms with Crippen molar-refractivity contribution in [2.75, 3.05) is 19.6 Å². The van der Waals surface area contributed by atoms with E-state index in [4.69, 9.17) is 16.7 Å². The fourth-order valence-electron chi connectivity index (χ4n) is 2.02. The lowest BCUT2D eigenvalue weighted by Gasteiger charge is -2.31. The third-order valence-electron chi connectivity index (χ3n) is 3.11. The number of halogens is 1. The smallest absolute Gasteiger partial charge is 0.323 e. The molecule has 2 N–H and O–H groups in total. The number of hydrogen-bond acceptors (Lipinski definition) is 4. The Morgan fingerprint density at radius 3 is 2.67 bits per heavy atom. The van der Waals surface area contributed by atoms with Gasteiger partial charge in [0, 0.05) is 30.1 Å². The van der Waals surface area contributed by atoms with E-state index < -0.39 is 22.0 Å². The van der Waals surface area contributed by atoms with E-state index in [1.807, 2.05) is 0 Å². The van der Waals surface area contributed by atoms with Gasteiger partial charge in [-0.3, -0.25) is 4.79 Å². The number of rotatable bonds is 4. The highest BCUT2D eigenvalue weighted by atomic mass is 35.5. The van der Waals surface area contributed by atoms with Crippen LogP contribution >= 0.6 is 11.6 Å². The number of benzene rings is 1. The number of nitrogens with one attached hydrogen (secondary N) is 1. The summed E-state index contributed by atoms with van der Waals surface area (Å²) < 4.78 is 25.5. The first-order valence-electron chi connectivity index (χ1n) is 6.29. The van der Waals surface area contributed by atoms with E-state index in [1.54, 1.807) is 24.3 Å². The van der Waals surface area contributed by atoms with E-state index in [0.29, 0.717) is 17.1 Å². The van der Waals surface area contributed by atoms with E-state index in [9.17, 15) is 13.2 Å². The van der Waals surface area contributed by atoms with Gasteiger partial charge in [-0.25, -0.2) is 8.42 Å². The lowest BCUT2D eigenvalue weighted by molar-refractivity contribution is -0.141. The predicted octanol–water partition coefficient (Wildman–Crippen LogP) is 0.999. The van der Waals surface area contributed by atoms with Crippen LogP contribution in [0.5, 0.6) is 0 Å². The molecule has 0 radical (unpaired) electrons. The lowest BCUT2D eigenvalue weighted by atomic mass is 10.2. The molecule has 1 unspecified atom stereocenters. The standard InChI is InChI=1S/C13H15ClN2O4S/c14-11-3-1-10(2-4-11)5-8-21(19,20)16-7-6-15-9-12(16)13(17)18/h1-5,8,12,15H,6-7,9H2,(H,17,18). The molecule has 8 heteroatoms. The molecule has 1 saturated heterocycles. The van der Waals surface area contributed by atoms with E-state index in [2.05, 4.69) is 5.32 Å². The number of piperazine rings is 1. The van der Waals surface area contributed by atoms with Crippen LogP contribution in [0.15, 0.2) is 29.7 Å². The summed E-state index contributed by atoms with van der Waals surface area (Å²) in [6, 6.07) is 5.58. The summed E-state index contributed by atoms with van der Waals surface area (Å²) in [5.41, 5.74) is 0.671. The zero-order valence-electron chi connectivity index (χ0n) is 11.1. The van der Waals surface area contributed by atoms with Crippen molar-refractivity contribution in [2.45, 2.75) is 6.04 Å². The largest absolute Gasteiger partial charge is 0.480 e. The molecule has 114 valence electrons. The van der Waals surface area contributed by atoms with Crippen LogP contribution in [0.1, 0.15) is 5.56 Å². The Labute approximate surface area is 128 Å². The maximum absolute atomic E-state index is 12.3. The second-order valence-electron chi connectivity index (χ2n) is 4.57. The zero-order chi connectivity index (χ0) is 15.5. The minimum atomic E-state index is -3.79. The summed E-state index contributed by atoms with van der Waals surface area (Å²) in [5, 5.41) is 13.6. The fraction of sp³-hybridized carbons (Fsp3) is 0.308. The Morgan fingerprint density at radius 2 is 2.05 bits per heavy atom. The van der Waals surface area contributed by atoms with Crippen LogP contribution < -0.4 is 5.32 Å². The third-order valence-corrected chi connectivity index (χ3v) is 4.93. The number of carboxylic acid groups (broad SMARTS) is 1. The second-order valence-corrected chi connectivity index (χ2v) is 6.78. The summed E-state index contributed by atoms with van der Waals surface area (Å²) >= 11 is 5.75. The molecule has 21 heavy (non-hydrogen) atoms. The first-order valence-corrected chi connectivity index (χ1v) is 8.17. The topological polar surface area (TPSA) is 86.7 Å². The molecule has 1 aromatic rings. The molecule has 1 aliphatic heterocycles. The van der Waals surface area contributed by atoms with Crippen LogP contribution in [-0.4, -0.2) is 49.5 Å². The minimum Gasteiger partial charge on any atom is -0.480 e. The average Bonchev–Trinajstić information content (AvgIpc) is 2.47. The van der Waals surface area contributed by atoms with E-state index >= 15 is 0 Å². The van der Waals surface area contributed by atoms with Crippen LogP contribution in [0, 0.1) is 0 Å². The van der Waals surface area contributed by atoms with E-state index in [-0.39, 0.29) is 13.1 Å². The highest BCUT2D eigenvalue weighted by molar-refractivity contribution is 7.92. The maximum Gasteiger partial charge on any atom is 0.323 e. The number of carbonyl (C=O) groups is 1. The van der Waals surface area contributed by atoms with E-state index in [1.165, 1.54) is 6.08 Å². The van der Waals surface area contributed by atoms with Crippen LogP contribution in [0.25, 0.3) is 6.08 Å². The van der Waals surface area contributed by atoms with E-state index in [0.717, 1.165) is 9.71 Å². The molecule has 0 amide bonds. The van der Waals surface area contributed by atoms with Crippen LogP contribution in [0.4, 0.5) is 0 Å². The van der Waals surface area contributed by atoms with Gasteiger partial charge in [0.15, 0.2) is 0 Å². The van der Waals surface area contributed by atoms with Crippen molar-refractivity contribution in [1.29, 1.82) is 0 Å². The Morgan fingerprint density at radius 1 is 1.38 bits per heavy atom. The molecule has 0 saturated carbocycles. The number of hydrogen-bond donors (Lipinski definition) is 2. The molecular formula is C13H15ClN2O4S. The van der Waals surface area contributed by atoms with Gasteiger partial charge in [0.2, 0.25) is 10.0 Å². The second kappa shape index (κ2) is 6.57. The quantitative estimate of drug-likeness (QED) is 0.860. The van der Waals surface area contributed by atoms with Crippen LogP contribution in [-0.2, 0) is 14.8 Å². The van der Waals surface area contributed by atoms with Crippen LogP contribution in [0.3, 0.4) is 0 Å². The van der Waals surface area contributed by atoms with Gasteiger partial charge in [0.05, 0.1) is 0 Å². The molecule has 1 atom stereocenters. The molecule has 1 fully saturated rings. The Balaban J connectivity index is 2.20. The first kappa shape index (κ1) is 16.0. The Hall–Kier alpha value is -1.41. The summed E-state index contributed by atoms with van der Waals surface area (Å²) in [7, 11) is -3.79. The van der Waals surface area contributed by atoms with Gasteiger partial charge in [0.1, 0.15) is 6.04 Å². The number of nitrogens with zero attached hydrogens (tertiary/aromatic N) is 1. The highest BCUT2D eigenvalue weighted by Gasteiger charge is 2.35. The minimum absolute atomic E-state index is 0.101. The predicted molar refractivity (Wildman–Crippen MR) is 80.4 cm³/mol. The van der Waals surface area contributed by atoms with Gasteiger partial charge in [-0.05, 0) is 23.8 Å². The normalized spacial score (nSPS) is 20.7. The fourth-order valence-corrected chi connectivity index (χ4v) is 3.49. The molecule has 0 aromatic heterocycles. The van der Waals surface area contributed by atoms with Gasteiger partial charge in [-0.2, -0.15) is 4.31 Å². The van der Waals surface area contributed by atoms with Gasteiger partial charge >= 0.3 is 5.97 Å². The van der Waals surface area contributed by atoms with Gasteiger partial charge < -0.3 is 10.4 Å². The molecule has 0 bridgehead atoms. The molecule has 2 rings (SSSR count). The summed E-state index contributed by atoms with van der Waals surface area (Å²) in [4.78, 5) is 11.1. The van der Waals surface area contributed by atoms with Crippen molar-refractivity contribution in [3.05, 3.63) is 40.3 Å². The van der Waals surface area contributed by atoms with Gasteiger partial charge in [-0.15, -0.1) is 0 Å². The summed E-state index contributed by atoms with van der Waals surface area (Å²) in [6.45, 7) is 0.658. The molecule has 0 aliphatic carbocycles. The Kier molecular flexibility index (Phi) is 5.00. The van der Waals surface area contributed by atoms with Gasteiger partial charge in [0.25, 0.3) is 0 Å². The lowest BCUT2D eigenvalue weighted by Crippen LogP contribution is -2.56. The first-order chi connectivity index (χ1) is 9.90. The van der Waals surface area contributed by atoms with Crippen molar-refractivity contribution in [2.24, 2.45) is 0 Å². The molecule has 6 nitrogen and oxygen atoms in total. The molecular weight excluding hydrogens is 316 g/mol. The maximum atomic E-state index is 12.3. The molecule has 1 aromatic carbocycles. The monoisotopic (exact) mass is 330 g/mol. The zero-order valence-corrected chi connectivity index (χ0v) is 12.6. The van der Waals surface area contributed by atoms with Crippen molar-refractivity contribution in [3.63, 3.8) is 0 Å². The molecule has 1 aliphatic rings. The Bertz CT molecular complexity index is 643.